The summed E-state index contributed by atoms with van der Waals surface area (Å²) < 4.78 is 1.08. The number of fused-ring (bicyclic) bond motifs is 3. The lowest BCUT2D eigenvalue weighted by molar-refractivity contribution is 1.28. The molecule has 0 bridgehead atoms. The molecule has 1 aliphatic rings. The van der Waals surface area contributed by atoms with Crippen molar-refractivity contribution in [2.45, 2.75) is 10.6 Å². The number of hydrogen-bond donors (Lipinski definition) is 1. The van der Waals surface area contributed by atoms with Crippen LogP contribution in [0.1, 0.15) is 4.88 Å². The van der Waals surface area contributed by atoms with Crippen molar-refractivity contribution in [2.24, 2.45) is 0 Å². The Morgan fingerprint density at radius 2 is 1.86 bits per heavy atom. The summed E-state index contributed by atoms with van der Waals surface area (Å²) in [6.45, 7) is 0. The van der Waals surface area contributed by atoms with Crippen LogP contribution in [-0.4, -0.2) is 4.98 Å². The van der Waals surface area contributed by atoms with Crippen molar-refractivity contribution in [1.29, 1.82) is 0 Å². The van der Waals surface area contributed by atoms with Gasteiger partial charge in [-0.15, -0.1) is 23.1 Å². The van der Waals surface area contributed by atoms with Gasteiger partial charge in [0.05, 0.1) is 5.69 Å². The van der Waals surface area contributed by atoms with Gasteiger partial charge in [-0.05, 0) is 30.3 Å². The third-order valence-electron chi connectivity index (χ3n) is 3.29. The normalized spacial score (nSPS) is 12.6. The van der Waals surface area contributed by atoms with Gasteiger partial charge in [0.2, 0.25) is 0 Å². The smallest absolute Gasteiger partial charge is 0.188 e. The Balaban J connectivity index is 1.68. The van der Waals surface area contributed by atoms with Crippen molar-refractivity contribution in [3.8, 4) is 11.3 Å². The van der Waals surface area contributed by atoms with Crippen molar-refractivity contribution < 1.29 is 0 Å². The maximum Gasteiger partial charge on any atom is 0.188 e. The Morgan fingerprint density at radius 3 is 2.71 bits per heavy atom. The number of nitrogens with one attached hydrogen (secondary N) is 1. The molecule has 2 heterocycles. The average Bonchev–Trinajstić information content (AvgIpc) is 2.92. The van der Waals surface area contributed by atoms with E-state index in [0.717, 1.165) is 26.7 Å². The molecule has 3 aromatic rings. The van der Waals surface area contributed by atoms with Gasteiger partial charge in [-0.1, -0.05) is 34.1 Å². The quantitative estimate of drug-likeness (QED) is 0.602. The molecule has 0 unspecified atom stereocenters. The summed E-state index contributed by atoms with van der Waals surface area (Å²) in [6, 6.07) is 16.6. The fourth-order valence-corrected chi connectivity index (χ4v) is 4.69. The standard InChI is InChI=1S/C16H11BrN2S2/c17-10-5-7-11(8-6-10)18-16-19-15-12-3-1-2-4-13(12)20-9-14(15)21-16/h1-8H,9H2,(H,18,19). The molecule has 0 radical (unpaired) electrons. The number of aromatic nitrogens is 1. The van der Waals surface area contributed by atoms with E-state index in [9.17, 15) is 0 Å². The van der Waals surface area contributed by atoms with Gasteiger partial charge in [0.25, 0.3) is 0 Å². The molecule has 0 atom stereocenters. The minimum atomic E-state index is 0.958. The van der Waals surface area contributed by atoms with Crippen LogP contribution in [0.4, 0.5) is 10.8 Å². The van der Waals surface area contributed by atoms with E-state index in [1.807, 2.05) is 36.0 Å². The van der Waals surface area contributed by atoms with Crippen LogP contribution in [0.2, 0.25) is 0 Å². The molecule has 0 aliphatic carbocycles. The molecule has 104 valence electrons. The van der Waals surface area contributed by atoms with Crippen molar-refractivity contribution in [3.05, 3.63) is 57.9 Å². The first-order valence-corrected chi connectivity index (χ1v) is 9.13. The lowest BCUT2D eigenvalue weighted by atomic mass is 10.1. The molecule has 0 saturated heterocycles. The van der Waals surface area contributed by atoms with Crippen LogP contribution in [0.3, 0.4) is 0 Å². The van der Waals surface area contributed by atoms with Gasteiger partial charge >= 0.3 is 0 Å². The van der Waals surface area contributed by atoms with E-state index in [1.54, 1.807) is 11.3 Å². The third-order valence-corrected chi connectivity index (χ3v) is 6.08. The zero-order valence-electron chi connectivity index (χ0n) is 11.0. The molecule has 21 heavy (non-hydrogen) atoms. The molecule has 1 N–H and O–H groups in total. The Bertz CT molecular complexity index is 796. The first-order valence-electron chi connectivity index (χ1n) is 6.54. The Morgan fingerprint density at radius 1 is 1.05 bits per heavy atom. The lowest BCUT2D eigenvalue weighted by Crippen LogP contribution is -1.93. The van der Waals surface area contributed by atoms with Gasteiger partial charge in [0.15, 0.2) is 5.13 Å². The predicted molar refractivity (Wildman–Crippen MR) is 94.5 cm³/mol. The van der Waals surface area contributed by atoms with Crippen LogP contribution in [0, 0.1) is 0 Å². The second-order valence-corrected chi connectivity index (χ2v) is 7.72. The van der Waals surface area contributed by atoms with Crippen LogP contribution < -0.4 is 5.32 Å². The Kier molecular flexibility index (Phi) is 3.49. The van der Waals surface area contributed by atoms with Crippen molar-refractivity contribution >= 4 is 49.8 Å². The number of rotatable bonds is 2. The minimum absolute atomic E-state index is 0.958. The number of benzene rings is 2. The molecule has 0 saturated carbocycles. The first kappa shape index (κ1) is 13.4. The van der Waals surface area contributed by atoms with Crippen molar-refractivity contribution in [2.75, 3.05) is 5.32 Å². The van der Waals surface area contributed by atoms with E-state index in [0.29, 0.717) is 0 Å². The highest BCUT2D eigenvalue weighted by molar-refractivity contribution is 9.10. The van der Waals surface area contributed by atoms with Crippen LogP contribution in [0.25, 0.3) is 11.3 Å². The largest absolute Gasteiger partial charge is 0.332 e. The van der Waals surface area contributed by atoms with Crippen LogP contribution in [0.15, 0.2) is 57.9 Å². The molecule has 5 heteroatoms. The maximum absolute atomic E-state index is 4.79. The third kappa shape index (κ3) is 2.61. The van der Waals surface area contributed by atoms with Crippen LogP contribution >= 0.6 is 39.0 Å². The number of thioether (sulfide) groups is 1. The summed E-state index contributed by atoms with van der Waals surface area (Å²) in [5.41, 5.74) is 3.45. The van der Waals surface area contributed by atoms with E-state index < -0.39 is 0 Å². The molecule has 0 amide bonds. The SMILES string of the molecule is Brc1ccc(Nc2nc3c(s2)CSc2ccccc2-3)cc1. The highest BCUT2D eigenvalue weighted by Crippen LogP contribution is 2.44. The summed E-state index contributed by atoms with van der Waals surface area (Å²) in [4.78, 5) is 7.46. The molecular weight excluding hydrogens is 364 g/mol. The zero-order valence-corrected chi connectivity index (χ0v) is 14.2. The molecule has 0 fully saturated rings. The number of anilines is 2. The molecule has 0 spiro atoms. The Hall–Kier alpha value is -1.30. The minimum Gasteiger partial charge on any atom is -0.332 e. The van der Waals surface area contributed by atoms with Crippen molar-refractivity contribution in [3.63, 3.8) is 0 Å². The van der Waals surface area contributed by atoms with E-state index in [4.69, 9.17) is 4.98 Å². The van der Waals surface area contributed by atoms with Gasteiger partial charge in [0, 0.05) is 31.2 Å². The number of halogens is 1. The van der Waals surface area contributed by atoms with E-state index in [-0.39, 0.29) is 0 Å². The fraction of sp³-hybridized carbons (Fsp3) is 0.0625. The second-order valence-electron chi connectivity index (χ2n) is 4.71. The molecule has 2 aromatic carbocycles. The molecule has 2 nitrogen and oxygen atoms in total. The van der Waals surface area contributed by atoms with Gasteiger partial charge < -0.3 is 5.32 Å². The molecule has 1 aromatic heterocycles. The average molecular weight is 375 g/mol. The second kappa shape index (κ2) is 5.48. The maximum atomic E-state index is 4.79. The van der Waals surface area contributed by atoms with E-state index >= 15 is 0 Å². The number of thiazole rings is 1. The van der Waals surface area contributed by atoms with Gasteiger partial charge in [0.1, 0.15) is 0 Å². The van der Waals surface area contributed by atoms with E-state index in [2.05, 4.69) is 45.5 Å². The predicted octanol–water partition coefficient (Wildman–Crippen LogP) is 5.92. The fourth-order valence-electron chi connectivity index (χ4n) is 2.30. The monoisotopic (exact) mass is 374 g/mol. The zero-order chi connectivity index (χ0) is 14.2. The topological polar surface area (TPSA) is 24.9 Å². The Labute approximate surface area is 139 Å². The lowest BCUT2D eigenvalue weighted by Gasteiger charge is -2.13. The highest BCUT2D eigenvalue weighted by Gasteiger charge is 2.20. The molecular formula is C16H11BrN2S2. The first-order chi connectivity index (χ1) is 10.3. The van der Waals surface area contributed by atoms with Crippen LogP contribution in [0.5, 0.6) is 0 Å². The van der Waals surface area contributed by atoms with Crippen LogP contribution in [-0.2, 0) is 5.75 Å². The summed E-state index contributed by atoms with van der Waals surface area (Å²) in [5, 5.41) is 4.35. The summed E-state index contributed by atoms with van der Waals surface area (Å²) in [7, 11) is 0. The molecule has 4 rings (SSSR count). The summed E-state index contributed by atoms with van der Waals surface area (Å²) in [6.07, 6.45) is 0. The van der Waals surface area contributed by atoms with Gasteiger partial charge in [-0.25, -0.2) is 4.98 Å². The summed E-state index contributed by atoms with van der Waals surface area (Å²) in [5.74, 6) is 1.01. The van der Waals surface area contributed by atoms with Gasteiger partial charge in [-0.2, -0.15) is 0 Å². The van der Waals surface area contributed by atoms with Gasteiger partial charge in [-0.3, -0.25) is 0 Å². The van der Waals surface area contributed by atoms with Crippen molar-refractivity contribution in [1.82, 2.24) is 4.98 Å². The molecule has 1 aliphatic heterocycles. The highest BCUT2D eigenvalue weighted by atomic mass is 79.9. The number of nitrogens with zero attached hydrogens (tertiary/aromatic N) is 1. The summed E-state index contributed by atoms with van der Waals surface area (Å²) >= 11 is 7.08. The number of hydrogen-bond acceptors (Lipinski definition) is 4. The van der Waals surface area contributed by atoms with E-state index in [1.165, 1.54) is 15.3 Å².